The van der Waals surface area contributed by atoms with Gasteiger partial charge in [-0.15, -0.1) is 16.4 Å². The smallest absolute Gasteiger partial charge is 0.273 e. The van der Waals surface area contributed by atoms with E-state index in [4.69, 9.17) is 11.6 Å². The molecule has 0 spiro atoms. The predicted octanol–water partition coefficient (Wildman–Crippen LogP) is 3.32. The van der Waals surface area contributed by atoms with Crippen molar-refractivity contribution in [2.45, 2.75) is 0 Å². The minimum Gasteiger partial charge on any atom is -0.273 e. The van der Waals surface area contributed by atoms with Crippen LogP contribution in [0.25, 0.3) is 0 Å². The van der Waals surface area contributed by atoms with Gasteiger partial charge in [-0.3, -0.25) is 14.5 Å². The van der Waals surface area contributed by atoms with Gasteiger partial charge in [0.1, 0.15) is 5.82 Å². The molecule has 2 heterocycles. The molecule has 1 N–H and O–H groups in total. The molecular weight excluding hydrogens is 361 g/mol. The molecule has 9 heteroatoms. The first-order valence-electron chi connectivity index (χ1n) is 6.39. The molecule has 0 unspecified atom stereocenters. The van der Waals surface area contributed by atoms with E-state index in [1.54, 1.807) is 18.2 Å². The Bertz CT molecular complexity index is 809. The first-order valence-corrected chi connectivity index (χ1v) is 8.57. The molecule has 1 fully saturated rings. The van der Waals surface area contributed by atoms with Crippen LogP contribution in [-0.2, 0) is 4.79 Å². The summed E-state index contributed by atoms with van der Waals surface area (Å²) in [6.07, 6.45) is 0. The zero-order chi connectivity index (χ0) is 16.4. The summed E-state index contributed by atoms with van der Waals surface area (Å²) < 4.78 is 13.8. The largest absolute Gasteiger partial charge is 0.281 e. The summed E-state index contributed by atoms with van der Waals surface area (Å²) in [6, 6.07) is 8.82. The summed E-state index contributed by atoms with van der Waals surface area (Å²) in [6.45, 7) is 0. The summed E-state index contributed by atoms with van der Waals surface area (Å²) in [7, 11) is 0. The van der Waals surface area contributed by atoms with Crippen LogP contribution in [0.5, 0.6) is 0 Å². The maximum Gasteiger partial charge on any atom is 0.281 e. The molecule has 1 aliphatic heterocycles. The van der Waals surface area contributed by atoms with Gasteiger partial charge in [0.05, 0.1) is 20.7 Å². The number of hydrogen-bond acceptors (Lipinski definition) is 5. The number of halogens is 2. The van der Waals surface area contributed by atoms with E-state index in [0.29, 0.717) is 14.9 Å². The maximum atomic E-state index is 13.3. The Kier molecular flexibility index (Phi) is 4.65. The zero-order valence-corrected chi connectivity index (χ0v) is 13.8. The number of nitrogens with zero attached hydrogens (tertiary/aromatic N) is 2. The summed E-state index contributed by atoms with van der Waals surface area (Å²) in [4.78, 5) is 25.6. The molecule has 3 rings (SSSR count). The van der Waals surface area contributed by atoms with Crippen molar-refractivity contribution in [3.8, 4) is 0 Å². The van der Waals surface area contributed by atoms with Gasteiger partial charge in [0.25, 0.3) is 5.91 Å². The van der Waals surface area contributed by atoms with E-state index in [0.717, 1.165) is 11.3 Å². The molecule has 0 atom stereocenters. The lowest BCUT2D eigenvalue weighted by atomic mass is 10.3. The second kappa shape index (κ2) is 6.69. The lowest BCUT2D eigenvalue weighted by Gasteiger charge is -2.15. The van der Waals surface area contributed by atoms with Crippen LogP contribution in [0.1, 0.15) is 9.67 Å². The Balaban J connectivity index is 1.80. The van der Waals surface area contributed by atoms with Gasteiger partial charge in [0.2, 0.25) is 5.91 Å². The monoisotopic (exact) mass is 369 g/mol. The molecule has 1 aliphatic rings. The van der Waals surface area contributed by atoms with Gasteiger partial charge in [-0.05, 0) is 30.3 Å². The van der Waals surface area contributed by atoms with Crippen molar-refractivity contribution in [2.24, 2.45) is 5.10 Å². The van der Waals surface area contributed by atoms with E-state index >= 15 is 0 Å². The highest BCUT2D eigenvalue weighted by Crippen LogP contribution is 2.27. The highest BCUT2D eigenvalue weighted by atomic mass is 35.5. The Morgan fingerprint density at radius 3 is 2.87 bits per heavy atom. The molecule has 0 saturated carbocycles. The number of thioether (sulfide) groups is 1. The average molecular weight is 370 g/mol. The van der Waals surface area contributed by atoms with E-state index in [-0.39, 0.29) is 16.8 Å². The molecule has 1 aromatic carbocycles. The Labute approximate surface area is 144 Å². The second-order valence-electron chi connectivity index (χ2n) is 4.44. The van der Waals surface area contributed by atoms with Crippen LogP contribution in [-0.4, -0.2) is 22.7 Å². The van der Waals surface area contributed by atoms with Gasteiger partial charge in [0, 0.05) is 0 Å². The molecule has 23 heavy (non-hydrogen) atoms. The second-order valence-corrected chi connectivity index (χ2v) is 7.09. The number of hydrogen-bond donors (Lipinski definition) is 1. The summed E-state index contributed by atoms with van der Waals surface area (Å²) in [5.74, 6) is -0.930. The molecule has 0 radical (unpaired) electrons. The van der Waals surface area contributed by atoms with Crippen molar-refractivity contribution in [1.82, 2.24) is 5.43 Å². The lowest BCUT2D eigenvalue weighted by Crippen LogP contribution is -2.31. The number of anilines is 1. The first-order chi connectivity index (χ1) is 11.0. The van der Waals surface area contributed by atoms with Gasteiger partial charge in [-0.25, -0.2) is 9.82 Å². The van der Waals surface area contributed by atoms with Crippen LogP contribution in [0.15, 0.2) is 41.5 Å². The molecule has 0 aliphatic carbocycles. The third kappa shape index (κ3) is 3.54. The molecular formula is C14H9ClFN3O2S2. The van der Waals surface area contributed by atoms with Crippen molar-refractivity contribution in [3.63, 3.8) is 0 Å². The van der Waals surface area contributed by atoms with Crippen molar-refractivity contribution in [1.29, 1.82) is 0 Å². The van der Waals surface area contributed by atoms with Crippen molar-refractivity contribution < 1.29 is 14.0 Å². The number of carbonyl (C=O) groups excluding carboxylic acids is 2. The Hall–Kier alpha value is -1.90. The number of benzene rings is 1. The van der Waals surface area contributed by atoms with E-state index in [9.17, 15) is 14.0 Å². The van der Waals surface area contributed by atoms with Gasteiger partial charge < -0.3 is 0 Å². The van der Waals surface area contributed by atoms with E-state index in [1.807, 2.05) is 0 Å². The lowest BCUT2D eigenvalue weighted by molar-refractivity contribution is -0.115. The molecule has 0 bridgehead atoms. The molecule has 1 aromatic heterocycles. The number of thiophene rings is 1. The maximum absolute atomic E-state index is 13.3. The minimum absolute atomic E-state index is 0.177. The van der Waals surface area contributed by atoms with Gasteiger partial charge in [-0.1, -0.05) is 29.4 Å². The fraction of sp³-hybridized carbons (Fsp3) is 0.0714. The van der Waals surface area contributed by atoms with Crippen LogP contribution < -0.4 is 10.3 Å². The standard InChI is InChI=1S/C14H9ClFN3O2S2/c15-11-5-4-10(23-11)13(21)17-18-14-19(12(20)7-22-14)9-3-1-2-8(16)6-9/h1-6H,7H2,(H,17,21). The third-order valence-electron chi connectivity index (χ3n) is 2.88. The van der Waals surface area contributed by atoms with E-state index in [1.165, 1.54) is 34.9 Å². The molecule has 2 aromatic rings. The van der Waals surface area contributed by atoms with Crippen LogP contribution in [0.2, 0.25) is 4.34 Å². The number of nitrogens with one attached hydrogen (secondary N) is 1. The summed E-state index contributed by atoms with van der Waals surface area (Å²) in [5, 5.41) is 4.26. The number of carbonyl (C=O) groups is 2. The van der Waals surface area contributed by atoms with Crippen LogP contribution in [0.4, 0.5) is 10.1 Å². The van der Waals surface area contributed by atoms with E-state index in [2.05, 4.69) is 10.5 Å². The zero-order valence-electron chi connectivity index (χ0n) is 11.5. The first kappa shape index (κ1) is 16.0. The normalized spacial score (nSPS) is 16.2. The fourth-order valence-corrected chi connectivity index (χ4v) is 3.67. The van der Waals surface area contributed by atoms with Gasteiger partial charge in [0.15, 0.2) is 5.17 Å². The minimum atomic E-state index is -0.455. The Morgan fingerprint density at radius 2 is 2.17 bits per heavy atom. The average Bonchev–Trinajstić information content (AvgIpc) is 3.11. The molecule has 118 valence electrons. The number of amides is 2. The van der Waals surface area contributed by atoms with Gasteiger partial charge in [-0.2, -0.15) is 0 Å². The predicted molar refractivity (Wildman–Crippen MR) is 90.6 cm³/mol. The Morgan fingerprint density at radius 1 is 1.35 bits per heavy atom. The van der Waals surface area contributed by atoms with Crippen molar-refractivity contribution in [2.75, 3.05) is 10.7 Å². The van der Waals surface area contributed by atoms with Crippen molar-refractivity contribution in [3.05, 3.63) is 51.4 Å². The van der Waals surface area contributed by atoms with Crippen LogP contribution >= 0.6 is 34.7 Å². The summed E-state index contributed by atoms with van der Waals surface area (Å²) >= 11 is 8.07. The highest BCUT2D eigenvalue weighted by molar-refractivity contribution is 8.15. The molecule has 5 nitrogen and oxygen atoms in total. The third-order valence-corrected chi connectivity index (χ3v) is 5.04. The topological polar surface area (TPSA) is 61.8 Å². The van der Waals surface area contributed by atoms with E-state index < -0.39 is 11.7 Å². The van der Waals surface area contributed by atoms with Crippen LogP contribution in [0.3, 0.4) is 0 Å². The quantitative estimate of drug-likeness (QED) is 0.844. The van der Waals surface area contributed by atoms with Crippen molar-refractivity contribution >= 4 is 57.4 Å². The molecule has 2 amide bonds. The molecule has 1 saturated heterocycles. The van der Waals surface area contributed by atoms with Crippen LogP contribution in [0, 0.1) is 5.82 Å². The number of amidine groups is 1. The SMILES string of the molecule is O=C(NN=C1SCC(=O)N1c1cccc(F)c1)c1ccc(Cl)s1. The highest BCUT2D eigenvalue weighted by Gasteiger charge is 2.30. The number of rotatable bonds is 3. The fourth-order valence-electron chi connectivity index (χ4n) is 1.90. The number of hydrazone groups is 1. The summed E-state index contributed by atoms with van der Waals surface area (Å²) in [5.41, 5.74) is 2.75. The van der Waals surface area contributed by atoms with Gasteiger partial charge >= 0.3 is 0 Å².